The van der Waals surface area contributed by atoms with Gasteiger partial charge in [-0.15, -0.1) is 0 Å². The van der Waals surface area contributed by atoms with Crippen LogP contribution in [0.1, 0.15) is 23.9 Å². The van der Waals surface area contributed by atoms with Gasteiger partial charge in [-0.25, -0.2) is 4.39 Å². The molecule has 2 N–H and O–H groups in total. The lowest BCUT2D eigenvalue weighted by atomic mass is 10.1. The third-order valence-corrected chi connectivity index (χ3v) is 2.63. The summed E-state index contributed by atoms with van der Waals surface area (Å²) in [5.41, 5.74) is 7.14. The van der Waals surface area contributed by atoms with Gasteiger partial charge in [0.1, 0.15) is 18.1 Å². The van der Waals surface area contributed by atoms with Gasteiger partial charge in [0.25, 0.3) is 0 Å². The first-order valence-electron chi connectivity index (χ1n) is 6.14. The van der Waals surface area contributed by atoms with Crippen molar-refractivity contribution < 1.29 is 13.7 Å². The van der Waals surface area contributed by atoms with Crippen molar-refractivity contribution >= 4 is 0 Å². The molecule has 2 rings (SSSR count). The van der Waals surface area contributed by atoms with Crippen LogP contribution in [0.15, 0.2) is 28.8 Å². The fraction of sp³-hybridized carbons (Fsp3) is 0.357. The van der Waals surface area contributed by atoms with E-state index in [2.05, 4.69) is 5.16 Å². The van der Waals surface area contributed by atoms with Crippen LogP contribution in [0.25, 0.3) is 0 Å². The number of aryl methyl sites for hydroxylation is 1. The van der Waals surface area contributed by atoms with Crippen molar-refractivity contribution in [1.82, 2.24) is 5.16 Å². The van der Waals surface area contributed by atoms with Gasteiger partial charge in [-0.05, 0) is 31.9 Å². The van der Waals surface area contributed by atoms with Crippen LogP contribution in [0.2, 0.25) is 0 Å². The first-order valence-corrected chi connectivity index (χ1v) is 6.14. The van der Waals surface area contributed by atoms with Gasteiger partial charge in [-0.3, -0.25) is 0 Å². The van der Waals surface area contributed by atoms with Crippen molar-refractivity contribution in [1.29, 1.82) is 0 Å². The zero-order valence-corrected chi connectivity index (χ0v) is 11.0. The second-order valence-corrected chi connectivity index (χ2v) is 4.63. The summed E-state index contributed by atoms with van der Waals surface area (Å²) < 4.78 is 24.2. The summed E-state index contributed by atoms with van der Waals surface area (Å²) in [7, 11) is 0. The quantitative estimate of drug-likeness (QED) is 0.901. The summed E-state index contributed by atoms with van der Waals surface area (Å²) in [6, 6.07) is 6.54. The van der Waals surface area contributed by atoms with Crippen LogP contribution in [0.5, 0.6) is 5.75 Å². The van der Waals surface area contributed by atoms with E-state index in [0.717, 1.165) is 5.56 Å². The Bertz CT molecular complexity index is 552. The molecule has 5 heteroatoms. The molecule has 0 aliphatic carbocycles. The van der Waals surface area contributed by atoms with E-state index in [-0.39, 0.29) is 18.4 Å². The molecule has 0 aliphatic heterocycles. The molecule has 1 aromatic heterocycles. The predicted octanol–water partition coefficient (Wildman–Crippen LogP) is 2.59. The van der Waals surface area contributed by atoms with Crippen LogP contribution < -0.4 is 10.5 Å². The fourth-order valence-corrected chi connectivity index (χ4v) is 1.85. The average Bonchev–Trinajstić information content (AvgIpc) is 2.73. The highest BCUT2D eigenvalue weighted by Gasteiger charge is 2.12. The molecule has 0 aliphatic rings. The number of rotatable bonds is 5. The van der Waals surface area contributed by atoms with Gasteiger partial charge in [-0.2, -0.15) is 0 Å². The molecule has 0 radical (unpaired) electrons. The van der Waals surface area contributed by atoms with Gasteiger partial charge in [-0.1, -0.05) is 17.3 Å². The van der Waals surface area contributed by atoms with Crippen LogP contribution in [-0.2, 0) is 13.0 Å². The molecule has 1 atom stereocenters. The zero-order chi connectivity index (χ0) is 13.8. The fourth-order valence-electron chi connectivity index (χ4n) is 1.85. The van der Waals surface area contributed by atoms with E-state index in [0.29, 0.717) is 17.9 Å². The minimum atomic E-state index is -0.390. The van der Waals surface area contributed by atoms with E-state index >= 15 is 0 Å². The number of hydrogen-bond acceptors (Lipinski definition) is 4. The normalized spacial score (nSPS) is 12.4. The van der Waals surface area contributed by atoms with E-state index in [9.17, 15) is 4.39 Å². The third kappa shape index (κ3) is 3.54. The Morgan fingerprint density at radius 2 is 2.26 bits per heavy atom. The van der Waals surface area contributed by atoms with E-state index in [1.165, 1.54) is 6.07 Å². The minimum absolute atomic E-state index is 0.0570. The second-order valence-electron chi connectivity index (χ2n) is 4.63. The summed E-state index contributed by atoms with van der Waals surface area (Å²) in [5, 5.41) is 3.80. The van der Waals surface area contributed by atoms with E-state index in [1.54, 1.807) is 19.1 Å². The highest BCUT2D eigenvalue weighted by molar-refractivity contribution is 5.35. The molecule has 2 aromatic rings. The molecular weight excluding hydrogens is 247 g/mol. The lowest BCUT2D eigenvalue weighted by molar-refractivity contribution is 0.272. The van der Waals surface area contributed by atoms with Crippen LogP contribution in [0.3, 0.4) is 0 Å². The largest absolute Gasteiger partial charge is 0.484 e. The van der Waals surface area contributed by atoms with Crippen LogP contribution in [0.4, 0.5) is 4.39 Å². The number of halogens is 1. The summed E-state index contributed by atoms with van der Waals surface area (Å²) in [5.74, 6) is 0.543. The summed E-state index contributed by atoms with van der Waals surface area (Å²) in [6.07, 6.45) is 0.560. The summed E-state index contributed by atoms with van der Waals surface area (Å²) in [4.78, 5) is 0. The van der Waals surface area contributed by atoms with E-state index < -0.39 is 5.82 Å². The Labute approximate surface area is 111 Å². The number of para-hydroxylation sites is 1. The van der Waals surface area contributed by atoms with Gasteiger partial charge >= 0.3 is 0 Å². The number of benzene rings is 1. The molecule has 0 spiro atoms. The van der Waals surface area contributed by atoms with Gasteiger partial charge in [0.15, 0.2) is 11.6 Å². The van der Waals surface area contributed by atoms with Crippen LogP contribution >= 0.6 is 0 Å². The van der Waals surface area contributed by atoms with E-state index in [1.807, 2.05) is 13.0 Å². The van der Waals surface area contributed by atoms with E-state index in [4.69, 9.17) is 15.0 Å². The Morgan fingerprint density at radius 1 is 1.47 bits per heavy atom. The molecule has 102 valence electrons. The van der Waals surface area contributed by atoms with Crippen molar-refractivity contribution in [2.75, 3.05) is 0 Å². The number of hydrogen-bond donors (Lipinski definition) is 1. The van der Waals surface area contributed by atoms with Crippen molar-refractivity contribution in [3.63, 3.8) is 0 Å². The maximum atomic E-state index is 13.8. The molecule has 0 amide bonds. The van der Waals surface area contributed by atoms with Gasteiger partial charge in [0, 0.05) is 12.1 Å². The number of ether oxygens (including phenoxy) is 1. The maximum Gasteiger partial charge on any atom is 0.165 e. The highest BCUT2D eigenvalue weighted by atomic mass is 19.1. The Morgan fingerprint density at radius 3 is 2.89 bits per heavy atom. The van der Waals surface area contributed by atoms with Crippen LogP contribution in [0, 0.1) is 12.7 Å². The first kappa shape index (κ1) is 13.5. The molecule has 0 bridgehead atoms. The smallest absolute Gasteiger partial charge is 0.165 e. The monoisotopic (exact) mass is 264 g/mol. The standard InChI is InChI=1S/C14H17FN2O2/c1-9(16)6-11-4-3-5-13(15)14(11)18-8-12-7-10(2)19-17-12/h3-5,7,9H,6,8,16H2,1-2H3. The molecule has 0 fully saturated rings. The Kier molecular flexibility index (Phi) is 4.16. The molecule has 0 saturated carbocycles. The number of nitrogens with two attached hydrogens (primary N) is 1. The molecule has 19 heavy (non-hydrogen) atoms. The molecule has 1 unspecified atom stereocenters. The first-order chi connectivity index (χ1) is 9.06. The zero-order valence-electron chi connectivity index (χ0n) is 11.0. The van der Waals surface area contributed by atoms with Gasteiger partial charge in [0.05, 0.1) is 0 Å². The highest BCUT2D eigenvalue weighted by Crippen LogP contribution is 2.24. The lowest BCUT2D eigenvalue weighted by Crippen LogP contribution is -2.18. The Hall–Kier alpha value is -1.88. The summed E-state index contributed by atoms with van der Waals surface area (Å²) in [6.45, 7) is 3.83. The topological polar surface area (TPSA) is 61.3 Å². The second kappa shape index (κ2) is 5.84. The molecule has 1 heterocycles. The molecule has 4 nitrogen and oxygen atoms in total. The number of aromatic nitrogens is 1. The predicted molar refractivity (Wildman–Crippen MR) is 69.3 cm³/mol. The SMILES string of the molecule is Cc1cc(COc2c(F)cccc2CC(C)N)no1. The van der Waals surface area contributed by atoms with Crippen LogP contribution in [-0.4, -0.2) is 11.2 Å². The lowest BCUT2D eigenvalue weighted by Gasteiger charge is -2.13. The Balaban J connectivity index is 2.14. The molecule has 0 saturated heterocycles. The average molecular weight is 264 g/mol. The molecule has 1 aromatic carbocycles. The third-order valence-electron chi connectivity index (χ3n) is 2.63. The number of nitrogens with zero attached hydrogens (tertiary/aromatic N) is 1. The van der Waals surface area contributed by atoms with Gasteiger partial charge in [0.2, 0.25) is 0 Å². The molecular formula is C14H17FN2O2. The summed E-state index contributed by atoms with van der Waals surface area (Å²) >= 11 is 0. The van der Waals surface area contributed by atoms with Crippen molar-refractivity contribution in [2.24, 2.45) is 5.73 Å². The minimum Gasteiger partial charge on any atom is -0.484 e. The van der Waals surface area contributed by atoms with Crippen molar-refractivity contribution in [3.05, 3.63) is 47.1 Å². The van der Waals surface area contributed by atoms with Crippen molar-refractivity contribution in [2.45, 2.75) is 32.9 Å². The van der Waals surface area contributed by atoms with Crippen molar-refractivity contribution in [3.8, 4) is 5.75 Å². The maximum absolute atomic E-state index is 13.8. The van der Waals surface area contributed by atoms with Gasteiger partial charge < -0.3 is 15.0 Å².